The number of hydrogen-bond donors (Lipinski definition) is 1. The van der Waals surface area contributed by atoms with E-state index < -0.39 is 6.10 Å². The summed E-state index contributed by atoms with van der Waals surface area (Å²) < 4.78 is 5.44. The fourth-order valence-electron chi connectivity index (χ4n) is 3.01. The fourth-order valence-corrected chi connectivity index (χ4v) is 3.01. The molecule has 2 fully saturated rings. The van der Waals surface area contributed by atoms with Gasteiger partial charge in [-0.1, -0.05) is 30.3 Å². The molecule has 1 unspecified atom stereocenters. The van der Waals surface area contributed by atoms with Crippen LogP contribution in [0, 0.1) is 0 Å². The highest BCUT2D eigenvalue weighted by Gasteiger charge is 2.32. The van der Waals surface area contributed by atoms with Crippen LogP contribution in [0.15, 0.2) is 30.3 Å². The van der Waals surface area contributed by atoms with Gasteiger partial charge in [-0.15, -0.1) is 0 Å². The second kappa shape index (κ2) is 6.56. The molecular weight excluding hydrogens is 266 g/mol. The Bertz CT molecular complexity index is 468. The molecule has 0 aromatic heterocycles. The Labute approximate surface area is 125 Å². The summed E-state index contributed by atoms with van der Waals surface area (Å²) in [7, 11) is 1.60. The lowest BCUT2D eigenvalue weighted by atomic mass is 10.1. The smallest absolute Gasteiger partial charge is 0.256 e. The molecule has 2 aliphatic rings. The molecule has 0 bridgehead atoms. The topological polar surface area (TPSA) is 44.8 Å². The van der Waals surface area contributed by atoms with Crippen molar-refractivity contribution in [2.24, 2.45) is 0 Å². The van der Waals surface area contributed by atoms with Crippen molar-refractivity contribution in [3.05, 3.63) is 35.9 Å². The number of ether oxygens (including phenoxy) is 1. The fraction of sp³-hybridized carbons (Fsp3) is 0.562. The van der Waals surface area contributed by atoms with Crippen LogP contribution >= 0.6 is 0 Å². The number of benzene rings is 1. The summed E-state index contributed by atoms with van der Waals surface area (Å²) in [5.74, 6) is 0.0788. The average molecular weight is 289 g/mol. The van der Waals surface area contributed by atoms with E-state index in [0.29, 0.717) is 6.04 Å². The molecule has 1 atom stereocenters. The van der Waals surface area contributed by atoms with E-state index in [0.717, 1.165) is 44.8 Å². The van der Waals surface area contributed by atoms with Crippen molar-refractivity contribution in [2.75, 3.05) is 46.4 Å². The Morgan fingerprint density at radius 3 is 2.38 bits per heavy atom. The molecule has 0 saturated carbocycles. The third-order valence-electron chi connectivity index (χ3n) is 4.46. The lowest BCUT2D eigenvalue weighted by Crippen LogP contribution is -2.62. The van der Waals surface area contributed by atoms with Crippen molar-refractivity contribution in [1.82, 2.24) is 15.1 Å². The lowest BCUT2D eigenvalue weighted by Gasteiger charge is -2.43. The first-order valence-corrected chi connectivity index (χ1v) is 7.61. The van der Waals surface area contributed by atoms with Gasteiger partial charge in [0.15, 0.2) is 6.10 Å². The number of hydrogen-bond acceptors (Lipinski definition) is 4. The number of amides is 1. The maximum absolute atomic E-state index is 12.7. The summed E-state index contributed by atoms with van der Waals surface area (Å²) in [4.78, 5) is 17.1. The summed E-state index contributed by atoms with van der Waals surface area (Å²) in [5.41, 5.74) is 0.927. The van der Waals surface area contributed by atoms with Crippen LogP contribution in [0.25, 0.3) is 0 Å². The van der Waals surface area contributed by atoms with Crippen LogP contribution in [-0.4, -0.2) is 68.1 Å². The predicted octanol–water partition coefficient (Wildman–Crippen LogP) is 0.490. The summed E-state index contributed by atoms with van der Waals surface area (Å²) in [6.45, 7) is 5.67. The van der Waals surface area contributed by atoms with E-state index in [2.05, 4.69) is 10.2 Å². The molecule has 5 heteroatoms. The van der Waals surface area contributed by atoms with Gasteiger partial charge in [-0.3, -0.25) is 9.69 Å². The van der Waals surface area contributed by atoms with Gasteiger partial charge in [-0.2, -0.15) is 0 Å². The first-order chi connectivity index (χ1) is 10.3. The van der Waals surface area contributed by atoms with E-state index in [4.69, 9.17) is 4.74 Å². The van der Waals surface area contributed by atoms with Gasteiger partial charge in [0.2, 0.25) is 0 Å². The molecular formula is C16H23N3O2. The minimum absolute atomic E-state index is 0.0788. The molecule has 2 saturated heterocycles. The highest BCUT2D eigenvalue weighted by atomic mass is 16.5. The zero-order valence-electron chi connectivity index (χ0n) is 12.5. The summed E-state index contributed by atoms with van der Waals surface area (Å²) in [5, 5.41) is 3.30. The average Bonchev–Trinajstić information content (AvgIpc) is 2.48. The normalized spacial score (nSPS) is 21.9. The minimum Gasteiger partial charge on any atom is -0.367 e. The van der Waals surface area contributed by atoms with Gasteiger partial charge >= 0.3 is 0 Å². The first-order valence-electron chi connectivity index (χ1n) is 7.61. The molecule has 1 N–H and O–H groups in total. The molecule has 2 aliphatic heterocycles. The van der Waals surface area contributed by atoms with Gasteiger partial charge in [0.05, 0.1) is 0 Å². The SMILES string of the molecule is COC(C(=O)N1CCN(C2CNC2)CC1)c1ccccc1. The molecule has 0 aliphatic carbocycles. The van der Waals surface area contributed by atoms with Crippen molar-refractivity contribution < 1.29 is 9.53 Å². The number of nitrogens with one attached hydrogen (secondary N) is 1. The van der Waals surface area contributed by atoms with Gasteiger partial charge < -0.3 is 15.0 Å². The van der Waals surface area contributed by atoms with Gasteiger partial charge in [-0.05, 0) is 5.56 Å². The van der Waals surface area contributed by atoms with Crippen LogP contribution in [0.2, 0.25) is 0 Å². The molecule has 1 aromatic rings. The Hall–Kier alpha value is -1.43. The number of piperazine rings is 1. The van der Waals surface area contributed by atoms with Crippen molar-refractivity contribution >= 4 is 5.91 Å². The third-order valence-corrected chi connectivity index (χ3v) is 4.46. The van der Waals surface area contributed by atoms with E-state index >= 15 is 0 Å². The van der Waals surface area contributed by atoms with Crippen molar-refractivity contribution in [1.29, 1.82) is 0 Å². The maximum Gasteiger partial charge on any atom is 0.256 e. The van der Waals surface area contributed by atoms with Crippen LogP contribution < -0.4 is 5.32 Å². The van der Waals surface area contributed by atoms with Crippen LogP contribution in [0.5, 0.6) is 0 Å². The Morgan fingerprint density at radius 1 is 1.19 bits per heavy atom. The molecule has 3 rings (SSSR count). The van der Waals surface area contributed by atoms with Crippen LogP contribution in [0.1, 0.15) is 11.7 Å². The Kier molecular flexibility index (Phi) is 4.53. The standard InChI is InChI=1S/C16H23N3O2/c1-21-15(13-5-3-2-4-6-13)16(20)19-9-7-18(8-10-19)14-11-17-12-14/h2-6,14-15,17H,7-12H2,1H3. The van der Waals surface area contributed by atoms with Crippen molar-refractivity contribution in [3.63, 3.8) is 0 Å². The predicted molar refractivity (Wildman–Crippen MR) is 81.0 cm³/mol. The molecule has 5 nitrogen and oxygen atoms in total. The maximum atomic E-state index is 12.7. The lowest BCUT2D eigenvalue weighted by molar-refractivity contribution is -0.144. The second-order valence-electron chi connectivity index (χ2n) is 5.70. The Morgan fingerprint density at radius 2 is 1.86 bits per heavy atom. The van der Waals surface area contributed by atoms with E-state index in [9.17, 15) is 4.79 Å². The number of carbonyl (C=O) groups is 1. The highest BCUT2D eigenvalue weighted by Crippen LogP contribution is 2.20. The van der Waals surface area contributed by atoms with Gasteiger partial charge in [0, 0.05) is 52.4 Å². The zero-order valence-corrected chi connectivity index (χ0v) is 12.5. The highest BCUT2D eigenvalue weighted by molar-refractivity contribution is 5.82. The van der Waals surface area contributed by atoms with E-state index in [1.165, 1.54) is 0 Å². The monoisotopic (exact) mass is 289 g/mol. The molecule has 114 valence electrons. The quantitative estimate of drug-likeness (QED) is 0.876. The van der Waals surface area contributed by atoms with Gasteiger partial charge in [-0.25, -0.2) is 0 Å². The summed E-state index contributed by atoms with van der Waals surface area (Å²) in [6.07, 6.45) is -0.483. The summed E-state index contributed by atoms with van der Waals surface area (Å²) >= 11 is 0. The van der Waals surface area contributed by atoms with Gasteiger partial charge in [0.25, 0.3) is 5.91 Å². The zero-order chi connectivity index (χ0) is 14.7. The van der Waals surface area contributed by atoms with E-state index in [-0.39, 0.29) is 5.91 Å². The number of carbonyl (C=O) groups excluding carboxylic acids is 1. The van der Waals surface area contributed by atoms with Crippen LogP contribution in [0.3, 0.4) is 0 Å². The number of rotatable bonds is 4. The molecule has 1 aromatic carbocycles. The Balaban J connectivity index is 1.59. The molecule has 21 heavy (non-hydrogen) atoms. The second-order valence-corrected chi connectivity index (χ2v) is 5.70. The molecule has 1 amide bonds. The largest absolute Gasteiger partial charge is 0.367 e. The summed E-state index contributed by atoms with van der Waals surface area (Å²) in [6, 6.07) is 10.4. The number of methoxy groups -OCH3 is 1. The molecule has 0 spiro atoms. The van der Waals surface area contributed by atoms with Crippen molar-refractivity contribution in [3.8, 4) is 0 Å². The van der Waals surface area contributed by atoms with E-state index in [1.807, 2.05) is 35.2 Å². The first kappa shape index (κ1) is 14.5. The van der Waals surface area contributed by atoms with Gasteiger partial charge in [0.1, 0.15) is 0 Å². The van der Waals surface area contributed by atoms with Crippen molar-refractivity contribution in [2.45, 2.75) is 12.1 Å². The molecule has 0 radical (unpaired) electrons. The third kappa shape index (κ3) is 3.10. The number of nitrogens with zero attached hydrogens (tertiary/aromatic N) is 2. The minimum atomic E-state index is -0.483. The van der Waals surface area contributed by atoms with E-state index in [1.54, 1.807) is 7.11 Å². The van der Waals surface area contributed by atoms with Crippen LogP contribution in [0.4, 0.5) is 0 Å². The van der Waals surface area contributed by atoms with Crippen LogP contribution in [-0.2, 0) is 9.53 Å². The molecule has 2 heterocycles.